The van der Waals surface area contributed by atoms with Crippen LogP contribution < -0.4 is 5.32 Å². The van der Waals surface area contributed by atoms with Crippen LogP contribution in [-0.2, 0) is 23.9 Å². The Hall–Kier alpha value is -2.22. The maximum absolute atomic E-state index is 14.0. The van der Waals surface area contributed by atoms with Crippen LogP contribution in [0.5, 0.6) is 0 Å². The van der Waals surface area contributed by atoms with Crippen molar-refractivity contribution in [1.29, 1.82) is 0 Å². The zero-order valence-electron chi connectivity index (χ0n) is 34.0. The molecule has 6 aliphatic rings. The molecule has 0 radical (unpaired) electrons. The van der Waals surface area contributed by atoms with E-state index in [1.54, 1.807) is 13.8 Å². The molecular formula is C44H69NO7. The molecular weight excluding hydrogens is 654 g/mol. The van der Waals surface area contributed by atoms with Crippen LogP contribution in [0.3, 0.4) is 0 Å². The number of ether oxygens (including phenoxy) is 1. The maximum atomic E-state index is 14.0. The van der Waals surface area contributed by atoms with Gasteiger partial charge in [0.25, 0.3) is 0 Å². The van der Waals surface area contributed by atoms with Crippen LogP contribution in [-0.4, -0.2) is 52.6 Å². The molecule has 8 heteroatoms. The molecule has 0 aromatic rings. The number of aliphatic carboxylic acids is 1. The zero-order chi connectivity index (χ0) is 38.4. The highest BCUT2D eigenvalue weighted by Crippen LogP contribution is 2.77. The molecule has 52 heavy (non-hydrogen) atoms. The Morgan fingerprint density at radius 1 is 0.865 bits per heavy atom. The predicted octanol–water partition coefficient (Wildman–Crippen LogP) is 8.44. The quantitative estimate of drug-likeness (QED) is 0.204. The van der Waals surface area contributed by atoms with Gasteiger partial charge in [0, 0.05) is 29.2 Å². The third kappa shape index (κ3) is 5.76. The van der Waals surface area contributed by atoms with Crippen molar-refractivity contribution in [2.45, 2.75) is 171 Å². The lowest BCUT2D eigenvalue weighted by Gasteiger charge is -2.72. The van der Waals surface area contributed by atoms with Gasteiger partial charge in [-0.3, -0.25) is 19.2 Å². The number of carbonyl (C=O) groups is 4. The van der Waals surface area contributed by atoms with E-state index in [2.05, 4.69) is 53.8 Å². The Morgan fingerprint density at radius 2 is 1.52 bits per heavy atom. The minimum atomic E-state index is -1.17. The lowest BCUT2D eigenvalue weighted by atomic mass is 9.33. The number of Topliss-reactive ketones (excluding diaryl/α,β-unsaturated/α-hetero) is 1. The molecule has 0 aromatic heterocycles. The van der Waals surface area contributed by atoms with Crippen LogP contribution in [0.1, 0.15) is 159 Å². The molecule has 0 aromatic carbocycles. The predicted molar refractivity (Wildman–Crippen MR) is 201 cm³/mol. The highest BCUT2D eigenvalue weighted by atomic mass is 16.5. The molecule has 5 saturated carbocycles. The minimum Gasteiger partial charge on any atom is -0.481 e. The van der Waals surface area contributed by atoms with E-state index in [1.807, 2.05) is 6.92 Å². The first-order chi connectivity index (χ1) is 24.0. The van der Waals surface area contributed by atoms with E-state index in [-0.39, 0.29) is 69.7 Å². The van der Waals surface area contributed by atoms with Gasteiger partial charge in [0.1, 0.15) is 6.10 Å². The summed E-state index contributed by atoms with van der Waals surface area (Å²) in [5, 5.41) is 24.9. The number of fused-ring (bicyclic) bond motifs is 7. The molecule has 5 fully saturated rings. The molecule has 9 atom stereocenters. The van der Waals surface area contributed by atoms with Crippen LogP contribution >= 0.6 is 0 Å². The van der Waals surface area contributed by atoms with Gasteiger partial charge in [0.2, 0.25) is 5.91 Å². The Balaban J connectivity index is 1.27. The van der Waals surface area contributed by atoms with E-state index >= 15 is 0 Å². The smallest absolute Gasteiger partial charge is 0.309 e. The van der Waals surface area contributed by atoms with Crippen LogP contribution in [0.2, 0.25) is 0 Å². The van der Waals surface area contributed by atoms with Crippen molar-refractivity contribution in [2.24, 2.45) is 61.6 Å². The summed E-state index contributed by atoms with van der Waals surface area (Å²) in [7, 11) is 0. The number of hydrogen-bond acceptors (Lipinski definition) is 6. The average Bonchev–Trinajstić information content (AvgIpc) is 3.63. The molecule has 0 spiro atoms. The van der Waals surface area contributed by atoms with Crippen LogP contribution in [0, 0.1) is 61.6 Å². The van der Waals surface area contributed by atoms with Crippen molar-refractivity contribution < 1.29 is 34.1 Å². The second-order valence-corrected chi connectivity index (χ2v) is 21.1. The number of rotatable bonds is 9. The SMILES string of the molecule is CC(C)C1=C2[C@H]3CC[C@@H]4[C@@]5(C)CC[C@H](OC(=O)CC(C)(C)C(=O)O)C(C)(C)[C@@H]5CC[C@@]4(C)[C@]3(C)CC[C@@]2([C@@H](O)CNC(=O)C2(C)CCCC2)CC1=O. The summed E-state index contributed by atoms with van der Waals surface area (Å²) in [6.45, 7) is 21.7. The number of esters is 1. The second-order valence-electron chi connectivity index (χ2n) is 21.1. The Morgan fingerprint density at radius 3 is 2.13 bits per heavy atom. The molecule has 6 aliphatic carbocycles. The summed E-state index contributed by atoms with van der Waals surface area (Å²) < 4.78 is 6.16. The van der Waals surface area contributed by atoms with Gasteiger partial charge in [0.15, 0.2) is 5.78 Å². The summed E-state index contributed by atoms with van der Waals surface area (Å²) in [4.78, 5) is 52.2. The molecule has 8 nitrogen and oxygen atoms in total. The largest absolute Gasteiger partial charge is 0.481 e. The molecule has 0 saturated heterocycles. The van der Waals surface area contributed by atoms with E-state index in [0.29, 0.717) is 18.3 Å². The fraction of sp³-hybridized carbons (Fsp3) is 0.864. The summed E-state index contributed by atoms with van der Waals surface area (Å²) >= 11 is 0. The van der Waals surface area contributed by atoms with E-state index in [9.17, 15) is 29.4 Å². The first-order valence-electron chi connectivity index (χ1n) is 20.7. The van der Waals surface area contributed by atoms with Gasteiger partial charge in [-0.15, -0.1) is 0 Å². The fourth-order valence-corrected chi connectivity index (χ4v) is 13.9. The summed E-state index contributed by atoms with van der Waals surface area (Å²) in [5.74, 6) is -0.110. The van der Waals surface area contributed by atoms with E-state index in [1.165, 1.54) is 5.57 Å². The van der Waals surface area contributed by atoms with Gasteiger partial charge in [-0.25, -0.2) is 0 Å². The van der Waals surface area contributed by atoms with Crippen molar-refractivity contribution in [3.8, 4) is 0 Å². The van der Waals surface area contributed by atoms with Crippen molar-refractivity contribution in [3.05, 3.63) is 11.1 Å². The Labute approximate surface area is 313 Å². The van der Waals surface area contributed by atoms with Gasteiger partial charge in [-0.2, -0.15) is 0 Å². The average molecular weight is 724 g/mol. The number of carbonyl (C=O) groups excluding carboxylic acids is 3. The van der Waals surface area contributed by atoms with Gasteiger partial charge in [-0.05, 0) is 124 Å². The molecule has 0 unspecified atom stereocenters. The van der Waals surface area contributed by atoms with Gasteiger partial charge < -0.3 is 20.3 Å². The molecule has 0 bridgehead atoms. The summed E-state index contributed by atoms with van der Waals surface area (Å²) in [5.41, 5.74) is -0.245. The van der Waals surface area contributed by atoms with Gasteiger partial charge in [-0.1, -0.05) is 73.8 Å². The van der Waals surface area contributed by atoms with E-state index in [0.717, 1.165) is 82.6 Å². The van der Waals surface area contributed by atoms with Crippen molar-refractivity contribution in [1.82, 2.24) is 5.32 Å². The number of ketones is 1. The third-order valence-corrected chi connectivity index (χ3v) is 17.2. The van der Waals surface area contributed by atoms with Crippen molar-refractivity contribution in [2.75, 3.05) is 6.54 Å². The normalized spacial score (nSPS) is 40.0. The highest BCUT2D eigenvalue weighted by molar-refractivity contribution is 6.01. The topological polar surface area (TPSA) is 130 Å². The number of carboxylic acid groups (broad SMARTS) is 1. The van der Waals surface area contributed by atoms with Crippen LogP contribution in [0.4, 0.5) is 0 Å². The summed E-state index contributed by atoms with van der Waals surface area (Å²) in [6, 6.07) is 0. The number of aliphatic hydroxyl groups excluding tert-OH is 1. The lowest BCUT2D eigenvalue weighted by molar-refractivity contribution is -0.235. The van der Waals surface area contributed by atoms with Gasteiger partial charge >= 0.3 is 11.9 Å². The molecule has 0 aliphatic heterocycles. The molecule has 3 N–H and O–H groups in total. The van der Waals surface area contributed by atoms with Crippen molar-refractivity contribution in [3.63, 3.8) is 0 Å². The Bertz CT molecular complexity index is 1520. The third-order valence-electron chi connectivity index (χ3n) is 17.2. The van der Waals surface area contributed by atoms with E-state index < -0.39 is 28.9 Å². The number of amides is 1. The first-order valence-corrected chi connectivity index (χ1v) is 20.7. The zero-order valence-corrected chi connectivity index (χ0v) is 34.0. The molecule has 292 valence electrons. The number of aliphatic hydroxyl groups is 1. The molecule has 6 rings (SSSR count). The van der Waals surface area contributed by atoms with E-state index in [4.69, 9.17) is 4.74 Å². The standard InChI is InChI=1S/C44H69NO7/c1-26(2)34-28(46)23-44(31(47)25-45-36(49)40(7)17-11-12-18-40)22-21-42(9)27(35(34)44)13-14-30-41(8)19-16-32(52-33(48)24-38(3,4)37(50)51)39(5,6)29(41)15-20-43(30,42)10/h26-27,29-32,47H,11-25H2,1-10H3,(H,45,49)(H,50,51)/t27-,29+,30-,31+,32+,41+,42-,43-,44+/m1/s1. The van der Waals surface area contributed by atoms with Crippen LogP contribution in [0.15, 0.2) is 11.1 Å². The number of hydrogen-bond donors (Lipinski definition) is 3. The second kappa shape index (κ2) is 12.9. The molecule has 1 amide bonds. The van der Waals surface area contributed by atoms with Gasteiger partial charge in [0.05, 0.1) is 17.9 Å². The number of carboxylic acids is 1. The first kappa shape index (κ1) is 39.5. The minimum absolute atomic E-state index is 0.0232. The van der Waals surface area contributed by atoms with Crippen LogP contribution in [0.25, 0.3) is 0 Å². The monoisotopic (exact) mass is 724 g/mol. The highest BCUT2D eigenvalue weighted by Gasteiger charge is 2.71. The van der Waals surface area contributed by atoms with Crippen molar-refractivity contribution >= 4 is 23.6 Å². The maximum Gasteiger partial charge on any atom is 0.309 e. The summed E-state index contributed by atoms with van der Waals surface area (Å²) in [6.07, 6.45) is 10.6. The Kier molecular flexibility index (Phi) is 9.82. The lowest BCUT2D eigenvalue weighted by Crippen LogP contribution is -2.66. The number of allylic oxidation sites excluding steroid dienone is 1. The fourth-order valence-electron chi connectivity index (χ4n) is 13.9. The molecule has 0 heterocycles. The number of nitrogens with one attached hydrogen (secondary N) is 1.